The summed E-state index contributed by atoms with van der Waals surface area (Å²) in [5.41, 5.74) is 4.80. The second-order valence-corrected chi connectivity index (χ2v) is 7.45. The van der Waals surface area contributed by atoms with E-state index in [4.69, 9.17) is 0 Å². The number of aryl methyl sites for hydroxylation is 1. The standard InChI is InChI=1S/C23H29N3O/c1-17(2)24-15-23(27)26(16-19-10-8-18(3)9-11-19)13-12-20-14-25-22-7-5-4-6-21(20)22/h4-11,14,17,24-25H,12-13,15-16H2,1-3H3. The first-order valence-corrected chi connectivity index (χ1v) is 9.64. The maximum absolute atomic E-state index is 12.8. The van der Waals surface area contributed by atoms with Gasteiger partial charge in [-0.05, 0) is 30.5 Å². The second kappa shape index (κ2) is 8.87. The van der Waals surface area contributed by atoms with Crippen LogP contribution in [0.4, 0.5) is 0 Å². The van der Waals surface area contributed by atoms with Crippen molar-refractivity contribution in [1.29, 1.82) is 0 Å². The van der Waals surface area contributed by atoms with Crippen LogP contribution in [0.1, 0.15) is 30.5 Å². The minimum Gasteiger partial charge on any atom is -0.361 e. The number of carbonyl (C=O) groups is 1. The van der Waals surface area contributed by atoms with Crippen molar-refractivity contribution in [2.75, 3.05) is 13.1 Å². The molecule has 0 fully saturated rings. The van der Waals surface area contributed by atoms with Gasteiger partial charge in [0.2, 0.25) is 5.91 Å². The number of aromatic amines is 1. The molecule has 0 saturated heterocycles. The molecule has 0 spiro atoms. The molecule has 0 unspecified atom stereocenters. The van der Waals surface area contributed by atoms with Crippen molar-refractivity contribution in [2.24, 2.45) is 0 Å². The molecule has 3 aromatic rings. The van der Waals surface area contributed by atoms with E-state index in [0.29, 0.717) is 25.7 Å². The number of nitrogens with zero attached hydrogens (tertiary/aromatic N) is 1. The normalized spacial score (nSPS) is 11.3. The maximum atomic E-state index is 12.8. The average molecular weight is 364 g/mol. The van der Waals surface area contributed by atoms with E-state index in [1.165, 1.54) is 16.5 Å². The van der Waals surface area contributed by atoms with Gasteiger partial charge in [-0.25, -0.2) is 0 Å². The predicted octanol–water partition coefficient (Wildman–Crippen LogP) is 4.05. The van der Waals surface area contributed by atoms with Crippen LogP contribution in [0.5, 0.6) is 0 Å². The molecule has 142 valence electrons. The number of fused-ring (bicyclic) bond motifs is 1. The van der Waals surface area contributed by atoms with Crippen LogP contribution in [0.25, 0.3) is 10.9 Å². The fourth-order valence-electron chi connectivity index (χ4n) is 3.20. The minimum absolute atomic E-state index is 0.143. The summed E-state index contributed by atoms with van der Waals surface area (Å²) in [5.74, 6) is 0.143. The van der Waals surface area contributed by atoms with Gasteiger partial charge < -0.3 is 15.2 Å². The number of amides is 1. The first kappa shape index (κ1) is 19.2. The Morgan fingerprint density at radius 2 is 1.85 bits per heavy atom. The molecule has 2 N–H and O–H groups in total. The minimum atomic E-state index is 0.143. The average Bonchev–Trinajstić information content (AvgIpc) is 3.08. The molecular formula is C23H29N3O. The summed E-state index contributed by atoms with van der Waals surface area (Å²) in [5, 5.41) is 4.48. The van der Waals surface area contributed by atoms with Crippen molar-refractivity contribution < 1.29 is 4.79 Å². The number of aromatic nitrogens is 1. The second-order valence-electron chi connectivity index (χ2n) is 7.45. The number of H-pyrrole nitrogens is 1. The fraction of sp³-hybridized carbons (Fsp3) is 0.348. The molecule has 27 heavy (non-hydrogen) atoms. The van der Waals surface area contributed by atoms with Crippen LogP contribution in [0.15, 0.2) is 54.7 Å². The van der Waals surface area contributed by atoms with Crippen molar-refractivity contribution in [3.05, 3.63) is 71.4 Å². The summed E-state index contributed by atoms with van der Waals surface area (Å²) in [7, 11) is 0. The molecular weight excluding hydrogens is 334 g/mol. The van der Waals surface area contributed by atoms with E-state index in [9.17, 15) is 4.79 Å². The van der Waals surface area contributed by atoms with E-state index in [1.807, 2.05) is 11.0 Å². The molecule has 4 nitrogen and oxygen atoms in total. The zero-order valence-electron chi connectivity index (χ0n) is 16.5. The molecule has 0 radical (unpaired) electrons. The first-order chi connectivity index (χ1) is 13.0. The number of hydrogen-bond donors (Lipinski definition) is 2. The molecule has 2 aromatic carbocycles. The zero-order valence-corrected chi connectivity index (χ0v) is 16.5. The van der Waals surface area contributed by atoms with Gasteiger partial charge in [0, 0.05) is 36.2 Å². The van der Waals surface area contributed by atoms with Crippen molar-refractivity contribution in [1.82, 2.24) is 15.2 Å². The van der Waals surface area contributed by atoms with Gasteiger partial charge in [0.05, 0.1) is 6.54 Å². The Labute approximate surface area is 161 Å². The summed E-state index contributed by atoms with van der Waals surface area (Å²) in [6.45, 7) is 7.91. The molecule has 1 amide bonds. The highest BCUT2D eigenvalue weighted by Gasteiger charge is 2.15. The lowest BCUT2D eigenvalue weighted by atomic mass is 10.1. The van der Waals surface area contributed by atoms with Crippen LogP contribution in [0.2, 0.25) is 0 Å². The van der Waals surface area contributed by atoms with Gasteiger partial charge in [-0.2, -0.15) is 0 Å². The van der Waals surface area contributed by atoms with Crippen LogP contribution >= 0.6 is 0 Å². The van der Waals surface area contributed by atoms with Gasteiger partial charge in [-0.1, -0.05) is 61.9 Å². The topological polar surface area (TPSA) is 48.1 Å². The highest BCUT2D eigenvalue weighted by Crippen LogP contribution is 2.19. The van der Waals surface area contributed by atoms with Crippen LogP contribution in [0, 0.1) is 6.92 Å². The monoisotopic (exact) mass is 363 g/mol. The SMILES string of the molecule is Cc1ccc(CN(CCc2c[nH]c3ccccc23)C(=O)CNC(C)C)cc1. The molecule has 0 aliphatic rings. The number of hydrogen-bond acceptors (Lipinski definition) is 2. The van der Waals surface area contributed by atoms with E-state index in [-0.39, 0.29) is 5.91 Å². The van der Waals surface area contributed by atoms with Crippen LogP contribution in [-0.4, -0.2) is 34.9 Å². The summed E-state index contributed by atoms with van der Waals surface area (Å²) in [6.07, 6.45) is 2.90. The highest BCUT2D eigenvalue weighted by atomic mass is 16.2. The Morgan fingerprint density at radius 1 is 1.11 bits per heavy atom. The fourth-order valence-corrected chi connectivity index (χ4v) is 3.20. The van der Waals surface area contributed by atoms with Crippen molar-refractivity contribution in [3.63, 3.8) is 0 Å². The third-order valence-corrected chi connectivity index (χ3v) is 4.83. The lowest BCUT2D eigenvalue weighted by molar-refractivity contribution is -0.130. The maximum Gasteiger partial charge on any atom is 0.236 e. The van der Waals surface area contributed by atoms with Gasteiger partial charge in [-0.3, -0.25) is 4.79 Å². The summed E-state index contributed by atoms with van der Waals surface area (Å²) in [4.78, 5) is 18.1. The first-order valence-electron chi connectivity index (χ1n) is 9.64. The van der Waals surface area contributed by atoms with E-state index in [1.54, 1.807) is 0 Å². The molecule has 3 rings (SSSR count). The zero-order chi connectivity index (χ0) is 19.2. The molecule has 0 bridgehead atoms. The van der Waals surface area contributed by atoms with Crippen LogP contribution < -0.4 is 5.32 Å². The van der Waals surface area contributed by atoms with Gasteiger partial charge in [-0.15, -0.1) is 0 Å². The Bertz CT molecular complexity index is 880. The Balaban J connectivity index is 1.72. The van der Waals surface area contributed by atoms with E-state index in [0.717, 1.165) is 17.5 Å². The van der Waals surface area contributed by atoms with E-state index in [2.05, 4.69) is 79.7 Å². The van der Waals surface area contributed by atoms with Crippen LogP contribution in [0.3, 0.4) is 0 Å². The Morgan fingerprint density at radius 3 is 2.59 bits per heavy atom. The third kappa shape index (κ3) is 5.20. The summed E-state index contributed by atoms with van der Waals surface area (Å²) >= 11 is 0. The lowest BCUT2D eigenvalue weighted by Gasteiger charge is -2.24. The van der Waals surface area contributed by atoms with Crippen molar-refractivity contribution in [2.45, 2.75) is 39.8 Å². The number of carbonyl (C=O) groups excluding carboxylic acids is 1. The molecule has 0 aliphatic carbocycles. The molecule has 0 atom stereocenters. The van der Waals surface area contributed by atoms with Gasteiger partial charge in [0.1, 0.15) is 0 Å². The quantitative estimate of drug-likeness (QED) is 0.634. The van der Waals surface area contributed by atoms with Gasteiger partial charge in [0.15, 0.2) is 0 Å². The molecule has 0 saturated carbocycles. The largest absolute Gasteiger partial charge is 0.361 e. The Hall–Kier alpha value is -2.59. The third-order valence-electron chi connectivity index (χ3n) is 4.83. The molecule has 1 aromatic heterocycles. The Kier molecular flexibility index (Phi) is 6.30. The van der Waals surface area contributed by atoms with Gasteiger partial charge in [0.25, 0.3) is 0 Å². The lowest BCUT2D eigenvalue weighted by Crippen LogP contribution is -2.40. The molecule has 1 heterocycles. The van der Waals surface area contributed by atoms with Crippen LogP contribution in [-0.2, 0) is 17.8 Å². The smallest absolute Gasteiger partial charge is 0.236 e. The highest BCUT2D eigenvalue weighted by molar-refractivity contribution is 5.83. The predicted molar refractivity (Wildman–Crippen MR) is 112 cm³/mol. The van der Waals surface area contributed by atoms with E-state index < -0.39 is 0 Å². The van der Waals surface area contributed by atoms with Crippen molar-refractivity contribution in [3.8, 4) is 0 Å². The summed E-state index contributed by atoms with van der Waals surface area (Å²) in [6, 6.07) is 17.0. The number of para-hydroxylation sites is 1. The molecule has 0 aliphatic heterocycles. The number of benzene rings is 2. The van der Waals surface area contributed by atoms with Gasteiger partial charge >= 0.3 is 0 Å². The van der Waals surface area contributed by atoms with Crippen molar-refractivity contribution >= 4 is 16.8 Å². The molecule has 4 heteroatoms. The van der Waals surface area contributed by atoms with E-state index >= 15 is 0 Å². The number of nitrogens with one attached hydrogen (secondary N) is 2. The summed E-state index contributed by atoms with van der Waals surface area (Å²) < 4.78 is 0. The number of rotatable bonds is 8.